The van der Waals surface area contributed by atoms with Gasteiger partial charge in [0.1, 0.15) is 0 Å². The van der Waals surface area contributed by atoms with Gasteiger partial charge in [-0.15, -0.1) is 0 Å². The highest BCUT2D eigenvalue weighted by atomic mass is 16.1. The molecule has 3 heteroatoms. The average Bonchev–Trinajstić information content (AvgIpc) is 2.56. The monoisotopic (exact) mass is 288 g/mol. The Morgan fingerprint density at radius 2 is 1.77 bits per heavy atom. The van der Waals surface area contributed by atoms with Gasteiger partial charge in [-0.05, 0) is 35.2 Å². The first-order valence-electron chi connectivity index (χ1n) is 7.12. The third-order valence-electron chi connectivity index (χ3n) is 3.60. The van der Waals surface area contributed by atoms with E-state index < -0.39 is 5.91 Å². The van der Waals surface area contributed by atoms with Crippen LogP contribution in [0.3, 0.4) is 0 Å². The molecule has 0 radical (unpaired) electrons. The lowest BCUT2D eigenvalue weighted by Gasteiger charge is -2.13. The normalized spacial score (nSPS) is 10.4. The molecule has 3 nitrogen and oxygen atoms in total. The van der Waals surface area contributed by atoms with Crippen LogP contribution in [0.5, 0.6) is 0 Å². The van der Waals surface area contributed by atoms with Crippen molar-refractivity contribution in [2.45, 2.75) is 6.42 Å². The molecule has 0 unspecified atom stereocenters. The molecule has 1 aromatic heterocycles. The molecule has 1 heterocycles. The zero-order chi connectivity index (χ0) is 15.4. The molecule has 0 saturated heterocycles. The van der Waals surface area contributed by atoms with Crippen molar-refractivity contribution in [3.8, 4) is 11.1 Å². The first kappa shape index (κ1) is 14.0. The topological polar surface area (TPSA) is 56.0 Å². The number of hydrogen-bond donors (Lipinski definition) is 1. The molecule has 1 amide bonds. The number of hydrogen-bond acceptors (Lipinski definition) is 2. The van der Waals surface area contributed by atoms with Gasteiger partial charge in [-0.2, -0.15) is 0 Å². The van der Waals surface area contributed by atoms with E-state index in [1.54, 1.807) is 18.5 Å². The fourth-order valence-electron chi connectivity index (χ4n) is 2.62. The molecule has 0 atom stereocenters. The van der Waals surface area contributed by atoms with Crippen LogP contribution in [-0.4, -0.2) is 10.9 Å². The number of nitrogens with zero attached hydrogens (tertiary/aromatic N) is 1. The Kier molecular flexibility index (Phi) is 3.97. The summed E-state index contributed by atoms with van der Waals surface area (Å²) in [5.74, 6) is -0.422. The van der Waals surface area contributed by atoms with Gasteiger partial charge in [-0.25, -0.2) is 0 Å². The predicted molar refractivity (Wildman–Crippen MR) is 87.4 cm³/mol. The molecule has 0 aliphatic heterocycles. The maximum atomic E-state index is 11.8. The summed E-state index contributed by atoms with van der Waals surface area (Å²) in [5.41, 5.74) is 10.1. The molecular weight excluding hydrogens is 272 g/mol. The van der Waals surface area contributed by atoms with Crippen LogP contribution < -0.4 is 5.73 Å². The SMILES string of the molecule is NC(=O)c1cccc(Cc2ccccc2)c1-c1cccnc1. The van der Waals surface area contributed by atoms with Gasteiger partial charge in [0.2, 0.25) is 5.91 Å². The molecule has 0 aliphatic carbocycles. The lowest BCUT2D eigenvalue weighted by molar-refractivity contribution is 0.100. The summed E-state index contributed by atoms with van der Waals surface area (Å²) in [5, 5.41) is 0. The van der Waals surface area contributed by atoms with Gasteiger partial charge in [0, 0.05) is 23.5 Å². The van der Waals surface area contributed by atoms with E-state index in [9.17, 15) is 4.79 Å². The minimum Gasteiger partial charge on any atom is -0.366 e. The number of carbonyl (C=O) groups is 1. The van der Waals surface area contributed by atoms with E-state index in [-0.39, 0.29) is 0 Å². The van der Waals surface area contributed by atoms with E-state index in [1.807, 2.05) is 42.5 Å². The van der Waals surface area contributed by atoms with Gasteiger partial charge in [-0.3, -0.25) is 9.78 Å². The largest absolute Gasteiger partial charge is 0.366 e. The van der Waals surface area contributed by atoms with Crippen LogP contribution in [0, 0.1) is 0 Å². The summed E-state index contributed by atoms with van der Waals surface area (Å²) in [6.07, 6.45) is 4.22. The van der Waals surface area contributed by atoms with Crippen molar-refractivity contribution in [1.82, 2.24) is 4.98 Å². The minimum atomic E-state index is -0.422. The second-order valence-electron chi connectivity index (χ2n) is 5.11. The fraction of sp³-hybridized carbons (Fsp3) is 0.0526. The van der Waals surface area contributed by atoms with E-state index in [0.717, 1.165) is 23.1 Å². The fourth-order valence-corrected chi connectivity index (χ4v) is 2.62. The molecule has 0 aliphatic rings. The molecule has 3 aromatic rings. The molecule has 0 spiro atoms. The Morgan fingerprint density at radius 3 is 2.45 bits per heavy atom. The second-order valence-corrected chi connectivity index (χ2v) is 5.11. The number of rotatable bonds is 4. The number of nitrogens with two attached hydrogens (primary N) is 1. The molecule has 2 N–H and O–H groups in total. The number of amides is 1. The van der Waals surface area contributed by atoms with Crippen LogP contribution in [0.1, 0.15) is 21.5 Å². The van der Waals surface area contributed by atoms with Crippen LogP contribution in [0.2, 0.25) is 0 Å². The third-order valence-corrected chi connectivity index (χ3v) is 3.60. The Bertz CT molecular complexity index is 783. The summed E-state index contributed by atoms with van der Waals surface area (Å²) < 4.78 is 0. The number of aromatic nitrogens is 1. The zero-order valence-electron chi connectivity index (χ0n) is 12.1. The smallest absolute Gasteiger partial charge is 0.249 e. The van der Waals surface area contributed by atoms with Crippen LogP contribution in [0.25, 0.3) is 11.1 Å². The second kappa shape index (κ2) is 6.22. The standard InChI is InChI=1S/C19H16N2O/c20-19(22)17-10-4-8-15(12-14-6-2-1-3-7-14)18(17)16-9-5-11-21-13-16/h1-11,13H,12H2,(H2,20,22). The highest BCUT2D eigenvalue weighted by molar-refractivity contribution is 6.00. The number of primary amides is 1. The maximum Gasteiger partial charge on any atom is 0.249 e. The van der Waals surface area contributed by atoms with Gasteiger partial charge in [-0.1, -0.05) is 48.5 Å². The first-order chi connectivity index (χ1) is 10.8. The van der Waals surface area contributed by atoms with Crippen LogP contribution >= 0.6 is 0 Å². The molecule has 0 saturated carbocycles. The highest BCUT2D eigenvalue weighted by Gasteiger charge is 2.14. The molecule has 0 fully saturated rings. The van der Waals surface area contributed by atoms with E-state index in [1.165, 1.54) is 5.56 Å². The third kappa shape index (κ3) is 2.88. The van der Waals surface area contributed by atoms with Crippen LogP contribution in [0.4, 0.5) is 0 Å². The highest BCUT2D eigenvalue weighted by Crippen LogP contribution is 2.29. The van der Waals surface area contributed by atoms with Crippen molar-refractivity contribution in [2.75, 3.05) is 0 Å². The van der Waals surface area contributed by atoms with Gasteiger partial charge in [0.05, 0.1) is 0 Å². The number of pyridine rings is 1. The van der Waals surface area contributed by atoms with E-state index >= 15 is 0 Å². The summed E-state index contributed by atoms with van der Waals surface area (Å²) in [6.45, 7) is 0. The van der Waals surface area contributed by atoms with Gasteiger partial charge >= 0.3 is 0 Å². The van der Waals surface area contributed by atoms with E-state index in [0.29, 0.717) is 5.56 Å². The molecule has 22 heavy (non-hydrogen) atoms. The molecular formula is C19H16N2O. The Hall–Kier alpha value is -2.94. The zero-order valence-corrected chi connectivity index (χ0v) is 12.1. The lowest BCUT2D eigenvalue weighted by atomic mass is 9.91. The van der Waals surface area contributed by atoms with E-state index in [2.05, 4.69) is 17.1 Å². The van der Waals surface area contributed by atoms with Crippen molar-refractivity contribution in [2.24, 2.45) is 5.73 Å². The number of benzene rings is 2. The average molecular weight is 288 g/mol. The summed E-state index contributed by atoms with van der Waals surface area (Å²) in [6, 6.07) is 19.6. The van der Waals surface area contributed by atoms with Crippen molar-refractivity contribution in [3.63, 3.8) is 0 Å². The minimum absolute atomic E-state index is 0.422. The summed E-state index contributed by atoms with van der Waals surface area (Å²) in [7, 11) is 0. The quantitative estimate of drug-likeness (QED) is 0.799. The summed E-state index contributed by atoms with van der Waals surface area (Å²) >= 11 is 0. The predicted octanol–water partition coefficient (Wildman–Crippen LogP) is 3.44. The first-order valence-corrected chi connectivity index (χ1v) is 7.12. The van der Waals surface area contributed by atoms with Gasteiger partial charge in [0.25, 0.3) is 0 Å². The molecule has 108 valence electrons. The van der Waals surface area contributed by atoms with Crippen molar-refractivity contribution >= 4 is 5.91 Å². The van der Waals surface area contributed by atoms with Crippen molar-refractivity contribution in [1.29, 1.82) is 0 Å². The summed E-state index contributed by atoms with van der Waals surface area (Å²) in [4.78, 5) is 16.0. The van der Waals surface area contributed by atoms with Gasteiger partial charge in [0.15, 0.2) is 0 Å². The van der Waals surface area contributed by atoms with E-state index in [4.69, 9.17) is 5.73 Å². The molecule has 2 aromatic carbocycles. The molecule has 3 rings (SSSR count). The molecule has 0 bridgehead atoms. The Morgan fingerprint density at radius 1 is 0.955 bits per heavy atom. The van der Waals surface area contributed by atoms with Crippen molar-refractivity contribution in [3.05, 3.63) is 89.7 Å². The Balaban J connectivity index is 2.14. The number of carbonyl (C=O) groups excluding carboxylic acids is 1. The Labute approximate surface area is 129 Å². The van der Waals surface area contributed by atoms with Crippen LogP contribution in [-0.2, 0) is 6.42 Å². The van der Waals surface area contributed by atoms with Gasteiger partial charge < -0.3 is 5.73 Å². The lowest BCUT2D eigenvalue weighted by Crippen LogP contribution is -2.13. The maximum absolute atomic E-state index is 11.8. The van der Waals surface area contributed by atoms with Crippen molar-refractivity contribution < 1.29 is 4.79 Å². The van der Waals surface area contributed by atoms with Crippen LogP contribution in [0.15, 0.2) is 73.1 Å².